The van der Waals surface area contributed by atoms with Gasteiger partial charge in [0.15, 0.2) is 11.4 Å². The van der Waals surface area contributed by atoms with Crippen molar-refractivity contribution in [2.24, 2.45) is 11.8 Å². The molecule has 4 aliphatic rings. The highest BCUT2D eigenvalue weighted by molar-refractivity contribution is 7.98. The third-order valence-corrected chi connectivity index (χ3v) is 8.89. The molecule has 1 N–H and O–H groups in total. The number of thioether (sulfide) groups is 1. The molecule has 1 aliphatic carbocycles. The first kappa shape index (κ1) is 20.9. The Morgan fingerprint density at radius 2 is 1.91 bits per heavy atom. The number of carbonyl (C=O) groups excluding carboxylic acids is 1. The van der Waals surface area contributed by atoms with Gasteiger partial charge in [0.25, 0.3) is 5.91 Å². The minimum absolute atomic E-state index is 0.0301. The fraction of sp³-hybridized carbons (Fsp3) is 0.333. The van der Waals surface area contributed by atoms with E-state index in [0.29, 0.717) is 31.7 Å². The molecule has 0 radical (unpaired) electrons. The standard InChI is InChI=1S/C27H25N3O4S/c31-20-9-11-29-25(26(20)32)27(33)28-10-8-16-12-18(16)13-34-21-6-3-4-17-14-35-22-7-2-1-5-19(22)24(23(17)21)30(29)15-28/h1-7,9,11,16,18,24,32H,8,10,12-15H2/t16-,18-,24+/m0/s1. The summed E-state index contributed by atoms with van der Waals surface area (Å²) in [6.45, 7) is 1.61. The zero-order chi connectivity index (χ0) is 23.7. The molecular formula is C27H25N3O4S. The topological polar surface area (TPSA) is 75.0 Å². The van der Waals surface area contributed by atoms with Crippen molar-refractivity contribution in [3.05, 3.63) is 87.3 Å². The molecule has 2 bridgehead atoms. The molecule has 7 nitrogen and oxygen atoms in total. The second-order valence-electron chi connectivity index (χ2n) is 9.78. The molecule has 0 unspecified atom stereocenters. The van der Waals surface area contributed by atoms with Gasteiger partial charge in [0, 0.05) is 35.0 Å². The van der Waals surface area contributed by atoms with E-state index >= 15 is 0 Å². The van der Waals surface area contributed by atoms with Crippen LogP contribution in [0.4, 0.5) is 0 Å². The van der Waals surface area contributed by atoms with Crippen molar-refractivity contribution >= 4 is 17.7 Å². The van der Waals surface area contributed by atoms with Crippen LogP contribution in [0.5, 0.6) is 11.5 Å². The Bertz CT molecular complexity index is 1420. The van der Waals surface area contributed by atoms with Crippen LogP contribution in [0.25, 0.3) is 0 Å². The molecule has 2 aromatic carbocycles. The van der Waals surface area contributed by atoms with Gasteiger partial charge in [0.05, 0.1) is 6.61 Å². The lowest BCUT2D eigenvalue weighted by atomic mass is 9.93. The van der Waals surface area contributed by atoms with Gasteiger partial charge in [-0.05, 0) is 47.9 Å². The van der Waals surface area contributed by atoms with Crippen LogP contribution in [0, 0.1) is 11.8 Å². The molecule has 0 spiro atoms. The number of carbonyl (C=O) groups is 1. The Morgan fingerprint density at radius 3 is 2.83 bits per heavy atom. The highest BCUT2D eigenvalue weighted by Gasteiger charge is 2.43. The molecule has 1 amide bonds. The van der Waals surface area contributed by atoms with Crippen molar-refractivity contribution in [2.45, 2.75) is 29.5 Å². The van der Waals surface area contributed by atoms with Crippen LogP contribution in [0.2, 0.25) is 0 Å². The van der Waals surface area contributed by atoms with Crippen molar-refractivity contribution in [3.63, 3.8) is 0 Å². The van der Waals surface area contributed by atoms with E-state index in [-0.39, 0.29) is 17.6 Å². The van der Waals surface area contributed by atoms with E-state index in [1.807, 2.05) is 18.2 Å². The van der Waals surface area contributed by atoms with Crippen LogP contribution >= 0.6 is 11.8 Å². The third kappa shape index (κ3) is 3.26. The van der Waals surface area contributed by atoms with Gasteiger partial charge in [0.2, 0.25) is 5.43 Å². The molecule has 3 aromatic rings. The van der Waals surface area contributed by atoms with Crippen molar-refractivity contribution < 1.29 is 14.6 Å². The Labute approximate surface area is 206 Å². The number of hydrogen-bond donors (Lipinski definition) is 1. The lowest BCUT2D eigenvalue weighted by Crippen LogP contribution is -2.55. The van der Waals surface area contributed by atoms with Gasteiger partial charge in [-0.15, -0.1) is 11.8 Å². The lowest BCUT2D eigenvalue weighted by Gasteiger charge is -2.44. The second-order valence-corrected chi connectivity index (χ2v) is 10.8. The van der Waals surface area contributed by atoms with Gasteiger partial charge in [-0.2, -0.15) is 0 Å². The SMILES string of the molecule is O=C1c2c(O)c(=O)ccn2N2CN1CC[C@H]1C[C@H]1COc1cccc3c1[C@H]2c1ccccc1SC3. The number of rotatable bonds is 0. The van der Waals surface area contributed by atoms with Crippen molar-refractivity contribution in [2.75, 3.05) is 24.8 Å². The molecule has 4 heterocycles. The number of fused-ring (bicyclic) bond motifs is 8. The van der Waals surface area contributed by atoms with Crippen LogP contribution in [-0.4, -0.2) is 40.4 Å². The van der Waals surface area contributed by atoms with E-state index in [2.05, 4.69) is 29.3 Å². The van der Waals surface area contributed by atoms with Gasteiger partial charge in [-0.25, -0.2) is 0 Å². The number of ether oxygens (including phenoxy) is 1. The first-order valence-corrected chi connectivity index (χ1v) is 13.1. The van der Waals surface area contributed by atoms with E-state index in [1.54, 1.807) is 27.5 Å². The maximum absolute atomic E-state index is 13.5. The fourth-order valence-corrected chi connectivity index (χ4v) is 6.85. The van der Waals surface area contributed by atoms with Crippen molar-refractivity contribution in [1.82, 2.24) is 9.58 Å². The Balaban J connectivity index is 1.51. The predicted molar refractivity (Wildman–Crippen MR) is 132 cm³/mol. The van der Waals surface area contributed by atoms with Crippen LogP contribution in [0.15, 0.2) is 64.4 Å². The molecule has 3 aliphatic heterocycles. The molecule has 1 fully saturated rings. The van der Waals surface area contributed by atoms with Gasteiger partial charge >= 0.3 is 0 Å². The summed E-state index contributed by atoms with van der Waals surface area (Å²) in [6.07, 6.45) is 3.60. The molecule has 1 aromatic heterocycles. The molecule has 3 atom stereocenters. The second kappa shape index (κ2) is 7.81. The highest BCUT2D eigenvalue weighted by Crippen LogP contribution is 2.48. The van der Waals surface area contributed by atoms with Crippen LogP contribution < -0.4 is 15.2 Å². The zero-order valence-electron chi connectivity index (χ0n) is 19.1. The van der Waals surface area contributed by atoms with E-state index in [0.717, 1.165) is 35.5 Å². The average molecular weight is 488 g/mol. The summed E-state index contributed by atoms with van der Waals surface area (Å²) in [5, 5.41) is 12.9. The van der Waals surface area contributed by atoms with Crippen molar-refractivity contribution in [3.8, 4) is 11.5 Å². The Kier molecular flexibility index (Phi) is 4.67. The first-order chi connectivity index (χ1) is 17.1. The number of nitrogens with zero attached hydrogens (tertiary/aromatic N) is 3. The molecule has 7 rings (SSSR count). The van der Waals surface area contributed by atoms with Crippen LogP contribution in [-0.2, 0) is 5.75 Å². The third-order valence-electron chi connectivity index (χ3n) is 7.75. The van der Waals surface area contributed by atoms with Crippen molar-refractivity contribution in [1.29, 1.82) is 0 Å². The van der Waals surface area contributed by atoms with E-state index in [9.17, 15) is 14.7 Å². The quantitative estimate of drug-likeness (QED) is 0.521. The van der Waals surface area contributed by atoms with E-state index in [1.165, 1.54) is 16.5 Å². The Hall–Kier alpha value is -3.39. The van der Waals surface area contributed by atoms with E-state index in [4.69, 9.17) is 4.74 Å². The number of benzene rings is 2. The summed E-state index contributed by atoms with van der Waals surface area (Å²) in [5.74, 6) is 1.90. The summed E-state index contributed by atoms with van der Waals surface area (Å²) in [7, 11) is 0. The maximum atomic E-state index is 13.5. The maximum Gasteiger partial charge on any atom is 0.277 e. The number of hydrogen-bond acceptors (Lipinski definition) is 6. The summed E-state index contributed by atoms with van der Waals surface area (Å²) < 4.78 is 8.18. The summed E-state index contributed by atoms with van der Waals surface area (Å²) in [6, 6.07) is 15.7. The summed E-state index contributed by atoms with van der Waals surface area (Å²) >= 11 is 1.80. The van der Waals surface area contributed by atoms with Crippen LogP contribution in [0.1, 0.15) is 46.1 Å². The lowest BCUT2D eigenvalue weighted by molar-refractivity contribution is 0.0671. The summed E-state index contributed by atoms with van der Waals surface area (Å²) in [5.41, 5.74) is 2.88. The average Bonchev–Trinajstić information content (AvgIpc) is 3.65. The van der Waals surface area contributed by atoms with Gasteiger partial charge in [-0.1, -0.05) is 30.3 Å². The number of aromatic nitrogens is 1. The smallest absolute Gasteiger partial charge is 0.277 e. The molecule has 1 saturated carbocycles. The number of pyridine rings is 1. The largest absolute Gasteiger partial charge is 0.502 e. The molecule has 8 heteroatoms. The first-order valence-electron chi connectivity index (χ1n) is 12.1. The normalized spacial score (nSPS) is 24.5. The minimum atomic E-state index is -0.545. The number of amides is 1. The molecule has 0 saturated heterocycles. The van der Waals surface area contributed by atoms with Gasteiger partial charge in [0.1, 0.15) is 18.5 Å². The molecule has 178 valence electrons. The predicted octanol–water partition coefficient (Wildman–Crippen LogP) is 3.72. The number of aromatic hydroxyl groups is 1. The van der Waals surface area contributed by atoms with Gasteiger partial charge in [-0.3, -0.25) is 19.3 Å². The summed E-state index contributed by atoms with van der Waals surface area (Å²) in [4.78, 5) is 28.9. The highest BCUT2D eigenvalue weighted by atomic mass is 32.2. The monoisotopic (exact) mass is 487 g/mol. The minimum Gasteiger partial charge on any atom is -0.502 e. The molecular weight excluding hydrogens is 462 g/mol. The fourth-order valence-electron chi connectivity index (χ4n) is 5.76. The van der Waals surface area contributed by atoms with Crippen LogP contribution in [0.3, 0.4) is 0 Å². The molecule has 35 heavy (non-hydrogen) atoms. The van der Waals surface area contributed by atoms with E-state index < -0.39 is 11.2 Å². The Morgan fingerprint density at radius 1 is 1.03 bits per heavy atom. The zero-order valence-corrected chi connectivity index (χ0v) is 19.9. The van der Waals surface area contributed by atoms with Gasteiger partial charge < -0.3 is 14.7 Å².